The van der Waals surface area contributed by atoms with Crippen LogP contribution in [0.1, 0.15) is 28.6 Å². The van der Waals surface area contributed by atoms with Crippen LogP contribution in [0.2, 0.25) is 0 Å². The van der Waals surface area contributed by atoms with E-state index in [1.54, 1.807) is 24.3 Å². The second kappa shape index (κ2) is 14.5. The Bertz CT molecular complexity index is 1750. The van der Waals surface area contributed by atoms with Crippen LogP contribution in [0.25, 0.3) is 0 Å². The molecule has 12 nitrogen and oxygen atoms in total. The zero-order chi connectivity index (χ0) is 33.9. The summed E-state index contributed by atoms with van der Waals surface area (Å²) in [5, 5.41) is 14.8. The highest BCUT2D eigenvalue weighted by molar-refractivity contribution is 9.10. The van der Waals surface area contributed by atoms with E-state index in [1.807, 2.05) is 34.5 Å². The summed E-state index contributed by atoms with van der Waals surface area (Å²) in [6.07, 6.45) is 2.12. The van der Waals surface area contributed by atoms with Crippen LogP contribution in [0, 0.1) is 5.82 Å². The van der Waals surface area contributed by atoms with Gasteiger partial charge in [0.05, 0.1) is 31.4 Å². The molecule has 2 fully saturated rings. The summed E-state index contributed by atoms with van der Waals surface area (Å²) >= 11 is 4.86. The molecule has 0 aliphatic carbocycles. The zero-order valence-electron chi connectivity index (χ0n) is 26.3. The number of hydrogen-bond acceptors (Lipinski definition) is 10. The number of nitrogens with one attached hydrogen (secondary N) is 1. The van der Waals surface area contributed by atoms with Gasteiger partial charge in [-0.3, -0.25) is 19.6 Å². The average molecular weight is 742 g/mol. The van der Waals surface area contributed by atoms with Crippen LogP contribution in [0.3, 0.4) is 0 Å². The second-order valence-electron chi connectivity index (χ2n) is 11.6. The minimum Gasteiger partial charge on any atom is -0.481 e. The summed E-state index contributed by atoms with van der Waals surface area (Å²) in [4.78, 5) is 53.3. The molecule has 3 aromatic rings. The minimum absolute atomic E-state index is 0.0362. The number of methoxy groups -OCH3 is 2. The van der Waals surface area contributed by atoms with Crippen LogP contribution in [-0.4, -0.2) is 103 Å². The molecule has 2 amide bonds. The molecule has 3 aliphatic rings. The summed E-state index contributed by atoms with van der Waals surface area (Å²) in [5.41, 5.74) is 3.06. The van der Waals surface area contributed by atoms with E-state index in [-0.39, 0.29) is 36.7 Å². The number of nitrogens with zero attached hydrogens (tertiary/aromatic N) is 5. The number of urea groups is 1. The minimum atomic E-state index is -0.858. The van der Waals surface area contributed by atoms with E-state index in [0.29, 0.717) is 59.2 Å². The molecular weight excluding hydrogens is 707 g/mol. The lowest BCUT2D eigenvalue weighted by atomic mass is 9.94. The second-order valence-corrected chi connectivity index (χ2v) is 13.3. The number of thiazole rings is 1. The van der Waals surface area contributed by atoms with Crippen LogP contribution in [0.5, 0.6) is 0 Å². The molecule has 0 spiro atoms. The number of aromatic nitrogens is 1. The van der Waals surface area contributed by atoms with Gasteiger partial charge in [-0.25, -0.2) is 19.0 Å². The van der Waals surface area contributed by atoms with Gasteiger partial charge in [0.15, 0.2) is 10.8 Å². The first-order valence-electron chi connectivity index (χ1n) is 15.3. The first-order chi connectivity index (χ1) is 23.2. The molecule has 15 heteroatoms. The van der Waals surface area contributed by atoms with Gasteiger partial charge in [0, 0.05) is 67.1 Å². The van der Waals surface area contributed by atoms with Gasteiger partial charge < -0.3 is 24.8 Å². The number of halogens is 2. The van der Waals surface area contributed by atoms with Crippen molar-refractivity contribution in [1.82, 2.24) is 20.1 Å². The maximum atomic E-state index is 14.1. The fraction of sp³-hybridized carbons (Fsp3) is 0.364. The molecule has 6 rings (SSSR count). The Kier molecular flexibility index (Phi) is 10.2. The molecule has 3 aliphatic heterocycles. The first kappa shape index (κ1) is 33.7. The van der Waals surface area contributed by atoms with Crippen LogP contribution in [0.4, 0.5) is 14.9 Å². The van der Waals surface area contributed by atoms with Crippen molar-refractivity contribution in [3.63, 3.8) is 0 Å². The number of ether oxygens (including phenoxy) is 2. The van der Waals surface area contributed by atoms with Gasteiger partial charge >= 0.3 is 18.0 Å². The van der Waals surface area contributed by atoms with Gasteiger partial charge in [-0.05, 0) is 41.8 Å². The number of carboxylic acids is 1. The van der Waals surface area contributed by atoms with Crippen molar-refractivity contribution < 1.29 is 33.4 Å². The third kappa shape index (κ3) is 6.86. The summed E-state index contributed by atoms with van der Waals surface area (Å²) in [6, 6.07) is 10.3. The molecule has 48 heavy (non-hydrogen) atoms. The van der Waals surface area contributed by atoms with Gasteiger partial charge in [-0.15, -0.1) is 11.3 Å². The van der Waals surface area contributed by atoms with E-state index in [4.69, 9.17) is 19.6 Å². The highest BCUT2D eigenvalue weighted by atomic mass is 79.9. The fourth-order valence-electron chi connectivity index (χ4n) is 6.46. The third-order valence-electron chi connectivity index (χ3n) is 8.79. The molecule has 3 atom stereocenters. The number of carbonyl (C=O) groups excluding carboxylic acids is 2. The summed E-state index contributed by atoms with van der Waals surface area (Å²) in [7, 11) is 2.93. The molecule has 252 valence electrons. The highest BCUT2D eigenvalue weighted by Crippen LogP contribution is 2.38. The lowest BCUT2D eigenvalue weighted by molar-refractivity contribution is -0.137. The van der Waals surface area contributed by atoms with Crippen molar-refractivity contribution in [1.29, 1.82) is 0 Å². The van der Waals surface area contributed by atoms with Crippen molar-refractivity contribution in [2.45, 2.75) is 31.0 Å². The fourth-order valence-corrected chi connectivity index (χ4v) is 7.62. The van der Waals surface area contributed by atoms with Gasteiger partial charge in [-0.2, -0.15) is 0 Å². The first-order valence-corrected chi connectivity index (χ1v) is 17.0. The normalized spacial score (nSPS) is 21.2. The zero-order valence-corrected chi connectivity index (χ0v) is 28.7. The number of amidine groups is 1. The number of fused-ring (bicyclic) bond motifs is 1. The van der Waals surface area contributed by atoms with Crippen LogP contribution >= 0.6 is 27.3 Å². The number of piperazine rings is 1. The van der Waals surface area contributed by atoms with Crippen molar-refractivity contribution in [3.8, 4) is 0 Å². The quantitative estimate of drug-likeness (QED) is 0.277. The monoisotopic (exact) mass is 740 g/mol. The number of carbonyl (C=O) groups is 3. The van der Waals surface area contributed by atoms with E-state index in [0.717, 1.165) is 11.3 Å². The van der Waals surface area contributed by atoms with Gasteiger partial charge in [0.2, 0.25) is 0 Å². The van der Waals surface area contributed by atoms with Crippen molar-refractivity contribution in [2.75, 3.05) is 51.9 Å². The summed E-state index contributed by atoms with van der Waals surface area (Å²) < 4.78 is 25.5. The van der Waals surface area contributed by atoms with E-state index in [1.165, 1.54) is 30.6 Å². The smallest absolute Gasteiger partial charge is 0.338 e. The molecule has 1 aromatic heterocycles. The molecule has 2 saturated heterocycles. The molecule has 0 radical (unpaired) electrons. The van der Waals surface area contributed by atoms with Crippen molar-refractivity contribution in [2.24, 2.45) is 4.99 Å². The van der Waals surface area contributed by atoms with E-state index in [2.05, 4.69) is 31.1 Å². The molecule has 0 bridgehead atoms. The Morgan fingerprint density at radius 2 is 1.96 bits per heavy atom. The number of benzene rings is 2. The number of carboxylic acid groups (broad SMARTS) is 1. The molecule has 0 saturated carbocycles. The van der Waals surface area contributed by atoms with E-state index in [9.17, 15) is 18.8 Å². The number of rotatable bonds is 11. The number of aliphatic carboxylic acids is 1. The third-order valence-corrected chi connectivity index (χ3v) is 10.3. The Morgan fingerprint density at radius 3 is 2.62 bits per heavy atom. The highest BCUT2D eigenvalue weighted by Gasteiger charge is 2.47. The van der Waals surface area contributed by atoms with Crippen molar-refractivity contribution >= 4 is 56.8 Å². The number of hydrogen-bond donors (Lipinski definition) is 2. The Morgan fingerprint density at radius 1 is 1.17 bits per heavy atom. The van der Waals surface area contributed by atoms with Crippen LogP contribution in [-0.2, 0) is 25.5 Å². The number of amides is 2. The average Bonchev–Trinajstić information content (AvgIpc) is 3.73. The molecule has 4 heterocycles. The molecular formula is C33H34BrFN6O6S. The summed E-state index contributed by atoms with van der Waals surface area (Å²) in [5.74, 6) is -1.38. The predicted molar refractivity (Wildman–Crippen MR) is 181 cm³/mol. The molecule has 2 aromatic carbocycles. The summed E-state index contributed by atoms with van der Waals surface area (Å²) in [6.45, 7) is 2.00. The maximum absolute atomic E-state index is 14.1. The number of aryl methyl sites for hydroxylation is 1. The molecule has 2 N–H and O–H groups in total. The van der Waals surface area contributed by atoms with Gasteiger partial charge in [-0.1, -0.05) is 34.1 Å². The van der Waals surface area contributed by atoms with E-state index >= 15 is 0 Å². The lowest BCUT2D eigenvalue weighted by Crippen LogP contribution is -2.61. The van der Waals surface area contributed by atoms with E-state index < -0.39 is 23.8 Å². The van der Waals surface area contributed by atoms with Gasteiger partial charge in [0.1, 0.15) is 11.9 Å². The largest absolute Gasteiger partial charge is 0.481 e. The Balaban J connectivity index is 1.31. The number of aliphatic imine (C=N–C) groups is 1. The van der Waals surface area contributed by atoms with Gasteiger partial charge in [0.25, 0.3) is 0 Å². The van der Waals surface area contributed by atoms with Crippen LogP contribution < -0.4 is 10.2 Å². The van der Waals surface area contributed by atoms with Crippen LogP contribution in [0.15, 0.2) is 74.8 Å². The standard InChI is InChI=1S/C33H34BrFN6O6S/c1-46-18-26-25-17-41(21-7-3-19(4-8-21)5-10-27(42)43)33(45)40(25)13-12-39(26)16-24-28(32(44)47-2)29(22-9-6-20(35)15-23(22)34)38-30(37-24)31-36-11-14-48-31/h3-4,6-9,11,14-15,25-26,29H,5,10,12-13,16-18H2,1-2H3,(H,37,38)(H,42,43)/t25-,26-,29+/m1/s1. The molecule has 0 unspecified atom stereocenters. The topological polar surface area (TPSA) is 137 Å². The number of anilines is 1. The maximum Gasteiger partial charge on any atom is 0.338 e. The SMILES string of the molecule is COC[C@@H]1[C@H]2CN(c3ccc(CCC(=O)O)cc3)C(=O)N2CCN1CC1=C(C(=O)OC)[C@H](c2ccc(F)cc2Br)N=C(c2nccs2)N1. The van der Waals surface area contributed by atoms with Crippen molar-refractivity contribution in [3.05, 3.63) is 91.7 Å². The predicted octanol–water partition coefficient (Wildman–Crippen LogP) is 4.22. The Labute approximate surface area is 289 Å². The Hall–Kier alpha value is -4.18. The lowest BCUT2D eigenvalue weighted by Gasteiger charge is -2.44. The number of esters is 1.